The van der Waals surface area contributed by atoms with Crippen molar-refractivity contribution in [3.8, 4) is 0 Å². The number of benzene rings is 2. The molecule has 0 atom stereocenters. The van der Waals surface area contributed by atoms with E-state index in [1.54, 1.807) is 0 Å². The van der Waals surface area contributed by atoms with Gasteiger partial charge in [-0.05, 0) is 109 Å². The average molecular weight is 475 g/mol. The Morgan fingerprint density at radius 3 is 1.13 bits per heavy atom. The third kappa shape index (κ3) is 12.9. The quantitative estimate of drug-likeness (QED) is 0.199. The molecule has 172 valence electrons. The zero-order valence-corrected chi connectivity index (χ0v) is 22.2. The van der Waals surface area contributed by atoms with Gasteiger partial charge in [-0.2, -0.15) is 35.3 Å². The Balaban J connectivity index is 1.39. The molecule has 0 N–H and O–H groups in total. The third-order valence-corrected chi connectivity index (χ3v) is 8.12. The Bertz CT molecular complexity index is 604. The summed E-state index contributed by atoms with van der Waals surface area (Å²) >= 11 is 6.02. The fraction of sp³-hybridized carbons (Fsp3) is 0.571. The van der Waals surface area contributed by atoms with Crippen LogP contribution < -0.4 is 0 Å². The standard InChI is InChI=1S/C28H42S3/c1-29-23-19-27-15-11-25(12-16-27)9-5-3-7-21-31-22-8-4-6-10-26-13-17-28(18-14-26)20-24-30-2/h11-18H,3-10,19-24H2,1-2H3. The summed E-state index contributed by atoms with van der Waals surface area (Å²) in [6.07, 6.45) is 17.4. The lowest BCUT2D eigenvalue weighted by Crippen LogP contribution is -1.92. The molecule has 0 fully saturated rings. The van der Waals surface area contributed by atoms with Gasteiger partial charge >= 0.3 is 0 Å². The van der Waals surface area contributed by atoms with Crippen molar-refractivity contribution in [2.24, 2.45) is 0 Å². The Morgan fingerprint density at radius 2 is 0.774 bits per heavy atom. The molecule has 0 aliphatic carbocycles. The molecule has 0 saturated heterocycles. The van der Waals surface area contributed by atoms with Gasteiger partial charge in [-0.15, -0.1) is 0 Å². The maximum Gasteiger partial charge on any atom is -0.00298 e. The highest BCUT2D eigenvalue weighted by molar-refractivity contribution is 7.99. The van der Waals surface area contributed by atoms with Crippen molar-refractivity contribution < 1.29 is 0 Å². The first-order valence-corrected chi connectivity index (χ1v) is 16.0. The Kier molecular flexibility index (Phi) is 15.5. The summed E-state index contributed by atoms with van der Waals surface area (Å²) in [6.45, 7) is 0. The predicted octanol–water partition coefficient (Wildman–Crippen LogP) is 8.36. The lowest BCUT2D eigenvalue weighted by molar-refractivity contribution is 0.715. The van der Waals surface area contributed by atoms with Gasteiger partial charge in [0.05, 0.1) is 0 Å². The molecule has 3 heteroatoms. The second-order valence-corrected chi connectivity index (χ2v) is 11.5. The van der Waals surface area contributed by atoms with Crippen molar-refractivity contribution in [3.63, 3.8) is 0 Å². The Labute approximate surface area is 205 Å². The summed E-state index contributed by atoms with van der Waals surface area (Å²) in [5, 5.41) is 0. The molecule has 0 aliphatic rings. The molecule has 0 heterocycles. The van der Waals surface area contributed by atoms with Gasteiger partial charge in [0, 0.05) is 0 Å². The van der Waals surface area contributed by atoms with Gasteiger partial charge in [0.2, 0.25) is 0 Å². The smallest absolute Gasteiger partial charge is 0.00298 e. The molecule has 2 aromatic rings. The molecule has 0 bridgehead atoms. The summed E-state index contributed by atoms with van der Waals surface area (Å²) in [4.78, 5) is 0. The molecule has 2 rings (SSSR count). The minimum absolute atomic E-state index is 1.20. The molecule has 0 amide bonds. The van der Waals surface area contributed by atoms with E-state index in [4.69, 9.17) is 0 Å². The molecule has 0 radical (unpaired) electrons. The van der Waals surface area contributed by atoms with Gasteiger partial charge in [-0.25, -0.2) is 0 Å². The van der Waals surface area contributed by atoms with Crippen LogP contribution in [0.4, 0.5) is 0 Å². The van der Waals surface area contributed by atoms with E-state index in [0.29, 0.717) is 0 Å². The molecular weight excluding hydrogens is 433 g/mol. The van der Waals surface area contributed by atoms with E-state index in [9.17, 15) is 0 Å². The van der Waals surface area contributed by atoms with Crippen molar-refractivity contribution in [1.29, 1.82) is 0 Å². The van der Waals surface area contributed by atoms with Crippen molar-refractivity contribution in [1.82, 2.24) is 0 Å². The van der Waals surface area contributed by atoms with Crippen LogP contribution in [0.2, 0.25) is 0 Å². The summed E-state index contributed by atoms with van der Waals surface area (Å²) in [7, 11) is 0. The van der Waals surface area contributed by atoms with Crippen LogP contribution in [-0.4, -0.2) is 35.5 Å². The van der Waals surface area contributed by atoms with Gasteiger partial charge in [0.1, 0.15) is 0 Å². The predicted molar refractivity (Wildman–Crippen MR) is 149 cm³/mol. The summed E-state index contributed by atoms with van der Waals surface area (Å²) in [5.41, 5.74) is 5.98. The topological polar surface area (TPSA) is 0 Å². The monoisotopic (exact) mass is 474 g/mol. The molecule has 0 spiro atoms. The number of thioether (sulfide) groups is 3. The first kappa shape index (κ1) is 26.7. The first-order valence-electron chi connectivity index (χ1n) is 12.0. The number of hydrogen-bond acceptors (Lipinski definition) is 3. The van der Waals surface area contributed by atoms with Gasteiger partial charge < -0.3 is 0 Å². The van der Waals surface area contributed by atoms with E-state index in [2.05, 4.69) is 72.8 Å². The highest BCUT2D eigenvalue weighted by Gasteiger charge is 1.98. The second kappa shape index (κ2) is 18.0. The summed E-state index contributed by atoms with van der Waals surface area (Å²) in [6, 6.07) is 18.6. The average Bonchev–Trinajstić information content (AvgIpc) is 2.81. The fourth-order valence-electron chi connectivity index (χ4n) is 3.71. The first-order chi connectivity index (χ1) is 15.3. The molecule has 0 saturated carbocycles. The zero-order valence-electron chi connectivity index (χ0n) is 19.7. The van der Waals surface area contributed by atoms with E-state index in [1.165, 1.54) is 109 Å². The molecule has 0 aliphatic heterocycles. The molecule has 0 nitrogen and oxygen atoms in total. The van der Waals surface area contributed by atoms with Crippen molar-refractivity contribution >= 4 is 35.3 Å². The van der Waals surface area contributed by atoms with Crippen molar-refractivity contribution in [2.75, 3.05) is 35.5 Å². The van der Waals surface area contributed by atoms with E-state index in [-0.39, 0.29) is 0 Å². The maximum absolute atomic E-state index is 2.34. The van der Waals surface area contributed by atoms with Crippen LogP contribution in [0.25, 0.3) is 0 Å². The third-order valence-electron chi connectivity index (χ3n) is 5.74. The largest absolute Gasteiger partial charge is 0.165 e. The van der Waals surface area contributed by atoms with E-state index in [1.807, 2.05) is 23.5 Å². The van der Waals surface area contributed by atoms with Crippen LogP contribution in [0.15, 0.2) is 48.5 Å². The SMILES string of the molecule is CSCCc1ccc(CCCCCSCCCCCc2ccc(CCSC)cc2)cc1. The molecule has 2 aromatic carbocycles. The Hall–Kier alpha value is -0.510. The van der Waals surface area contributed by atoms with Gasteiger partial charge in [0.15, 0.2) is 0 Å². The van der Waals surface area contributed by atoms with Gasteiger partial charge in [0.25, 0.3) is 0 Å². The van der Waals surface area contributed by atoms with Crippen LogP contribution in [-0.2, 0) is 25.7 Å². The number of unbranched alkanes of at least 4 members (excludes halogenated alkanes) is 4. The van der Waals surface area contributed by atoms with Gasteiger partial charge in [-0.1, -0.05) is 61.4 Å². The van der Waals surface area contributed by atoms with Crippen LogP contribution in [0.1, 0.15) is 60.8 Å². The maximum atomic E-state index is 2.34. The number of hydrogen-bond donors (Lipinski definition) is 0. The lowest BCUT2D eigenvalue weighted by Gasteiger charge is -2.05. The Morgan fingerprint density at radius 1 is 0.419 bits per heavy atom. The molecular formula is C28H42S3. The van der Waals surface area contributed by atoms with Crippen molar-refractivity contribution in [3.05, 3.63) is 70.8 Å². The van der Waals surface area contributed by atoms with E-state index >= 15 is 0 Å². The van der Waals surface area contributed by atoms with Gasteiger partial charge in [-0.3, -0.25) is 0 Å². The molecule has 31 heavy (non-hydrogen) atoms. The van der Waals surface area contributed by atoms with Crippen LogP contribution >= 0.6 is 35.3 Å². The molecule has 0 aromatic heterocycles. The van der Waals surface area contributed by atoms with Crippen LogP contribution in [0, 0.1) is 0 Å². The highest BCUT2D eigenvalue weighted by atomic mass is 32.2. The fourth-order valence-corrected chi connectivity index (χ4v) is 5.61. The highest BCUT2D eigenvalue weighted by Crippen LogP contribution is 2.15. The molecule has 0 unspecified atom stereocenters. The minimum Gasteiger partial charge on any atom is -0.165 e. The summed E-state index contributed by atoms with van der Waals surface area (Å²) in [5.74, 6) is 5.13. The zero-order chi connectivity index (χ0) is 22.0. The second-order valence-electron chi connectivity index (χ2n) is 8.35. The van der Waals surface area contributed by atoms with Crippen molar-refractivity contribution in [2.45, 2.75) is 64.2 Å². The van der Waals surface area contributed by atoms with E-state index in [0.717, 1.165) is 0 Å². The minimum atomic E-state index is 1.20. The van der Waals surface area contributed by atoms with E-state index < -0.39 is 0 Å². The van der Waals surface area contributed by atoms with Crippen LogP contribution in [0.5, 0.6) is 0 Å². The van der Waals surface area contributed by atoms with Crippen LogP contribution in [0.3, 0.4) is 0 Å². The number of rotatable bonds is 18. The lowest BCUT2D eigenvalue weighted by atomic mass is 10.0. The normalized spacial score (nSPS) is 11.2. The number of aryl methyl sites for hydroxylation is 4. The summed E-state index contributed by atoms with van der Waals surface area (Å²) < 4.78 is 0.